The van der Waals surface area contributed by atoms with Crippen LogP contribution < -0.4 is 0 Å². The Morgan fingerprint density at radius 1 is 1.28 bits per heavy atom. The zero-order valence-electron chi connectivity index (χ0n) is 13.1. The molecule has 1 fully saturated rings. The molecule has 5 nitrogen and oxygen atoms in total. The SMILES string of the molecule is CS(=O)(=O)Cc1cc(C(F)(F)F)ccc1C(=O)c1cnoc1C1CC1. The fourth-order valence-electron chi connectivity index (χ4n) is 2.60. The molecule has 25 heavy (non-hydrogen) atoms. The summed E-state index contributed by atoms with van der Waals surface area (Å²) in [5.74, 6) is -0.776. The Bertz CT molecular complexity index is 927. The Morgan fingerprint density at radius 2 is 1.96 bits per heavy atom. The molecule has 134 valence electrons. The molecule has 1 aromatic carbocycles. The number of aromatic nitrogens is 1. The van der Waals surface area contributed by atoms with E-state index in [0.717, 1.165) is 31.2 Å². The number of carbonyl (C=O) groups excluding carboxylic acids is 1. The molecule has 0 unspecified atom stereocenters. The van der Waals surface area contributed by atoms with E-state index in [1.54, 1.807) is 0 Å². The quantitative estimate of drug-likeness (QED) is 0.751. The lowest BCUT2D eigenvalue weighted by Crippen LogP contribution is -2.13. The monoisotopic (exact) mass is 373 g/mol. The predicted molar refractivity (Wildman–Crippen MR) is 81.9 cm³/mol. The molecule has 9 heteroatoms. The van der Waals surface area contributed by atoms with Crippen molar-refractivity contribution in [2.45, 2.75) is 30.7 Å². The molecule has 1 aromatic heterocycles. The second-order valence-corrected chi connectivity index (χ2v) is 8.29. The number of benzene rings is 1. The summed E-state index contributed by atoms with van der Waals surface area (Å²) >= 11 is 0. The van der Waals surface area contributed by atoms with Crippen LogP contribution in [0.2, 0.25) is 0 Å². The van der Waals surface area contributed by atoms with E-state index in [4.69, 9.17) is 4.52 Å². The minimum atomic E-state index is -4.63. The van der Waals surface area contributed by atoms with Crippen molar-refractivity contribution in [2.24, 2.45) is 0 Å². The van der Waals surface area contributed by atoms with Gasteiger partial charge in [0.15, 0.2) is 21.4 Å². The van der Waals surface area contributed by atoms with E-state index in [2.05, 4.69) is 5.16 Å². The lowest BCUT2D eigenvalue weighted by molar-refractivity contribution is -0.137. The molecule has 2 aromatic rings. The van der Waals surface area contributed by atoms with Crippen LogP contribution in [0.25, 0.3) is 0 Å². The lowest BCUT2D eigenvalue weighted by atomic mass is 9.96. The second-order valence-electron chi connectivity index (χ2n) is 6.15. The fraction of sp³-hybridized carbons (Fsp3) is 0.375. The molecule has 1 heterocycles. The van der Waals surface area contributed by atoms with Gasteiger partial charge in [0, 0.05) is 17.7 Å². The number of hydrogen-bond donors (Lipinski definition) is 0. The first-order valence-electron chi connectivity index (χ1n) is 7.43. The summed E-state index contributed by atoms with van der Waals surface area (Å²) in [5, 5.41) is 3.60. The van der Waals surface area contributed by atoms with Gasteiger partial charge in [0.05, 0.1) is 23.1 Å². The van der Waals surface area contributed by atoms with Gasteiger partial charge in [-0.3, -0.25) is 4.79 Å². The van der Waals surface area contributed by atoms with Crippen molar-refractivity contribution in [3.05, 3.63) is 52.4 Å². The molecule has 0 amide bonds. The number of ketones is 1. The van der Waals surface area contributed by atoms with Crippen molar-refractivity contribution >= 4 is 15.6 Å². The molecular weight excluding hydrogens is 359 g/mol. The molecule has 0 atom stereocenters. The molecule has 0 aliphatic heterocycles. The third-order valence-electron chi connectivity index (χ3n) is 3.89. The first-order chi connectivity index (χ1) is 11.6. The molecule has 1 aliphatic rings. The van der Waals surface area contributed by atoms with Gasteiger partial charge < -0.3 is 4.52 Å². The van der Waals surface area contributed by atoms with Crippen LogP contribution in [-0.4, -0.2) is 25.6 Å². The highest BCUT2D eigenvalue weighted by Gasteiger charge is 2.35. The normalized spacial score (nSPS) is 15.4. The largest absolute Gasteiger partial charge is 0.416 e. The van der Waals surface area contributed by atoms with Crippen LogP contribution in [0.5, 0.6) is 0 Å². The van der Waals surface area contributed by atoms with Crippen LogP contribution in [0.4, 0.5) is 13.2 Å². The molecule has 0 saturated heterocycles. The Labute approximate surface area is 141 Å². The van der Waals surface area contributed by atoms with Crippen LogP contribution in [0.1, 0.15) is 51.6 Å². The van der Waals surface area contributed by atoms with Crippen molar-refractivity contribution in [1.29, 1.82) is 0 Å². The van der Waals surface area contributed by atoms with E-state index in [-0.39, 0.29) is 22.6 Å². The summed E-state index contributed by atoms with van der Waals surface area (Å²) in [5.41, 5.74) is -1.12. The Morgan fingerprint density at radius 3 is 2.52 bits per heavy atom. The van der Waals surface area contributed by atoms with E-state index < -0.39 is 33.1 Å². The molecule has 0 N–H and O–H groups in total. The predicted octanol–water partition coefficient (Wildman–Crippen LogP) is 3.35. The van der Waals surface area contributed by atoms with Crippen LogP contribution in [0, 0.1) is 0 Å². The molecule has 1 saturated carbocycles. The number of rotatable bonds is 5. The first-order valence-corrected chi connectivity index (χ1v) is 9.49. The smallest absolute Gasteiger partial charge is 0.360 e. The van der Waals surface area contributed by atoms with Crippen LogP contribution in [0.3, 0.4) is 0 Å². The van der Waals surface area contributed by atoms with Gasteiger partial charge in [-0.1, -0.05) is 11.2 Å². The van der Waals surface area contributed by atoms with Crippen LogP contribution in [-0.2, 0) is 21.8 Å². The fourth-order valence-corrected chi connectivity index (χ4v) is 3.40. The number of alkyl halides is 3. The molecule has 1 aliphatic carbocycles. The standard InChI is InChI=1S/C16H14F3NO4S/c1-25(22,23)8-10-6-11(16(17,18)19)4-5-12(10)14(21)13-7-20-24-15(13)9-2-3-9/h4-7,9H,2-3,8H2,1H3. The summed E-state index contributed by atoms with van der Waals surface area (Å²) in [7, 11) is -3.64. The van der Waals surface area contributed by atoms with E-state index in [1.165, 1.54) is 6.20 Å². The number of carbonyl (C=O) groups is 1. The van der Waals surface area contributed by atoms with Crippen molar-refractivity contribution in [2.75, 3.05) is 6.26 Å². The molecule has 0 radical (unpaired) electrons. The van der Waals surface area contributed by atoms with Gasteiger partial charge in [-0.2, -0.15) is 13.2 Å². The highest BCUT2D eigenvalue weighted by atomic mass is 32.2. The Balaban J connectivity index is 2.07. The van der Waals surface area contributed by atoms with Crippen LogP contribution >= 0.6 is 0 Å². The average Bonchev–Trinajstić information content (AvgIpc) is 3.21. The van der Waals surface area contributed by atoms with Gasteiger partial charge in [0.25, 0.3) is 0 Å². The highest BCUT2D eigenvalue weighted by Crippen LogP contribution is 2.42. The van der Waals surface area contributed by atoms with Crippen molar-refractivity contribution in [1.82, 2.24) is 5.16 Å². The molecule has 3 rings (SSSR count). The van der Waals surface area contributed by atoms with E-state index >= 15 is 0 Å². The maximum Gasteiger partial charge on any atom is 0.416 e. The summed E-state index contributed by atoms with van der Waals surface area (Å²) < 4.78 is 67.0. The van der Waals surface area contributed by atoms with E-state index in [9.17, 15) is 26.4 Å². The van der Waals surface area contributed by atoms with Gasteiger partial charge in [0.1, 0.15) is 0 Å². The Kier molecular flexibility index (Phi) is 4.22. The third-order valence-corrected chi connectivity index (χ3v) is 4.72. The minimum Gasteiger partial charge on any atom is -0.360 e. The van der Waals surface area contributed by atoms with Gasteiger partial charge in [-0.25, -0.2) is 8.42 Å². The average molecular weight is 373 g/mol. The summed E-state index contributed by atoms with van der Waals surface area (Å²) in [4.78, 5) is 12.8. The topological polar surface area (TPSA) is 77.2 Å². The van der Waals surface area contributed by atoms with Gasteiger partial charge in [0.2, 0.25) is 0 Å². The summed E-state index contributed by atoms with van der Waals surface area (Å²) in [6.07, 6.45) is -0.823. The number of halogens is 3. The highest BCUT2D eigenvalue weighted by molar-refractivity contribution is 7.89. The van der Waals surface area contributed by atoms with Crippen LogP contribution in [0.15, 0.2) is 28.9 Å². The molecular formula is C16H14F3NO4S. The summed E-state index contributed by atoms with van der Waals surface area (Å²) in [6, 6.07) is 2.48. The maximum atomic E-state index is 12.9. The molecule has 0 bridgehead atoms. The minimum absolute atomic E-state index is 0.0780. The first kappa shape index (κ1) is 17.7. The van der Waals surface area contributed by atoms with Crippen molar-refractivity contribution < 1.29 is 30.9 Å². The molecule has 0 spiro atoms. The van der Waals surface area contributed by atoms with E-state index in [0.29, 0.717) is 11.8 Å². The zero-order chi connectivity index (χ0) is 18.4. The number of sulfone groups is 1. The summed E-state index contributed by atoms with van der Waals surface area (Å²) in [6.45, 7) is 0. The second kappa shape index (κ2) is 5.98. The van der Waals surface area contributed by atoms with Crippen molar-refractivity contribution in [3.63, 3.8) is 0 Å². The number of hydrogen-bond acceptors (Lipinski definition) is 5. The maximum absolute atomic E-state index is 12.9. The van der Waals surface area contributed by atoms with E-state index in [1.807, 2.05) is 0 Å². The van der Waals surface area contributed by atoms with Gasteiger partial charge >= 0.3 is 6.18 Å². The van der Waals surface area contributed by atoms with Crippen molar-refractivity contribution in [3.8, 4) is 0 Å². The third kappa shape index (κ3) is 3.92. The lowest BCUT2D eigenvalue weighted by Gasteiger charge is -2.12. The number of nitrogens with zero attached hydrogens (tertiary/aromatic N) is 1. The van der Waals surface area contributed by atoms with Gasteiger partial charge in [-0.05, 0) is 30.5 Å². The Hall–Kier alpha value is -2.16. The zero-order valence-corrected chi connectivity index (χ0v) is 13.9. The van der Waals surface area contributed by atoms with Gasteiger partial charge in [-0.15, -0.1) is 0 Å².